The molecule has 36 heavy (non-hydrogen) atoms. The lowest BCUT2D eigenvalue weighted by Crippen LogP contribution is -2.41. The minimum atomic E-state index is -0.0926. The van der Waals surface area contributed by atoms with Crippen LogP contribution in [0.1, 0.15) is 28.2 Å². The van der Waals surface area contributed by atoms with Crippen LogP contribution in [0, 0.1) is 0 Å². The molecular formula is C25H22Br2N8O. The number of amides is 1. The summed E-state index contributed by atoms with van der Waals surface area (Å²) in [6, 6.07) is 15.6. The van der Waals surface area contributed by atoms with Crippen molar-refractivity contribution in [3.05, 3.63) is 80.9 Å². The zero-order valence-corrected chi connectivity index (χ0v) is 22.6. The summed E-state index contributed by atoms with van der Waals surface area (Å²) in [6.07, 6.45) is 3.52. The topological polar surface area (TPSA) is 95.5 Å². The molecule has 5 aromatic rings. The van der Waals surface area contributed by atoms with Gasteiger partial charge >= 0.3 is 0 Å². The Morgan fingerprint density at radius 2 is 1.92 bits per heavy atom. The fourth-order valence-electron chi connectivity index (χ4n) is 4.72. The molecule has 0 aliphatic carbocycles. The molecule has 9 nitrogen and oxygen atoms in total. The highest BCUT2D eigenvalue weighted by molar-refractivity contribution is 9.13. The molecule has 0 spiro atoms. The first-order chi connectivity index (χ1) is 17.5. The minimum Gasteiger partial charge on any atom is -0.347 e. The Labute approximate surface area is 223 Å². The average molecular weight is 610 g/mol. The van der Waals surface area contributed by atoms with E-state index in [1.54, 1.807) is 4.68 Å². The molecule has 0 bridgehead atoms. The number of halogens is 2. The van der Waals surface area contributed by atoms with Crippen molar-refractivity contribution in [2.75, 3.05) is 0 Å². The first-order valence-corrected chi connectivity index (χ1v) is 13.2. The van der Waals surface area contributed by atoms with Gasteiger partial charge in [-0.05, 0) is 62.0 Å². The number of para-hydroxylation sites is 2. The SMILES string of the molecule is Cn1c(-c2cn(Cc3ccccc3C(=O)NC3CCc4nc(Br)c(Br)n4C3)nn2)nc2ccccc21. The van der Waals surface area contributed by atoms with Crippen LogP contribution < -0.4 is 5.32 Å². The van der Waals surface area contributed by atoms with Gasteiger partial charge in [0, 0.05) is 31.6 Å². The van der Waals surface area contributed by atoms with Crippen LogP contribution in [-0.2, 0) is 26.6 Å². The lowest BCUT2D eigenvalue weighted by Gasteiger charge is -2.25. The van der Waals surface area contributed by atoms with Crippen LogP contribution in [0.4, 0.5) is 0 Å². The van der Waals surface area contributed by atoms with Gasteiger partial charge in [0.2, 0.25) is 0 Å². The molecule has 2 aromatic carbocycles. The van der Waals surface area contributed by atoms with Crippen molar-refractivity contribution in [3.8, 4) is 11.5 Å². The van der Waals surface area contributed by atoms with Gasteiger partial charge in [0.1, 0.15) is 20.7 Å². The highest BCUT2D eigenvalue weighted by Gasteiger charge is 2.25. The Balaban J connectivity index is 1.20. The lowest BCUT2D eigenvalue weighted by atomic mass is 10.0. The molecule has 6 rings (SSSR count). The molecule has 1 amide bonds. The van der Waals surface area contributed by atoms with Crippen molar-refractivity contribution < 1.29 is 4.79 Å². The summed E-state index contributed by atoms with van der Waals surface area (Å²) in [7, 11) is 1.97. The standard InChI is InChI=1S/C25H22Br2N8O/c1-33-20-9-5-4-8-18(20)29-24(33)19-14-34(32-31-19)12-15-6-2-3-7-17(15)25(36)28-16-10-11-21-30-22(26)23(27)35(21)13-16/h2-9,14,16H,10-13H2,1H3,(H,28,36). The largest absolute Gasteiger partial charge is 0.347 e. The number of nitrogens with zero attached hydrogens (tertiary/aromatic N) is 7. The van der Waals surface area contributed by atoms with Gasteiger partial charge in [-0.1, -0.05) is 35.5 Å². The first-order valence-electron chi connectivity index (χ1n) is 11.6. The van der Waals surface area contributed by atoms with E-state index in [4.69, 9.17) is 4.98 Å². The third-order valence-electron chi connectivity index (χ3n) is 6.55. The number of carbonyl (C=O) groups excluding carboxylic acids is 1. The molecule has 1 aliphatic rings. The summed E-state index contributed by atoms with van der Waals surface area (Å²) in [5, 5.41) is 11.9. The van der Waals surface area contributed by atoms with Crippen LogP contribution in [0.2, 0.25) is 0 Å². The van der Waals surface area contributed by atoms with E-state index < -0.39 is 0 Å². The van der Waals surface area contributed by atoms with Crippen molar-refractivity contribution >= 4 is 48.8 Å². The van der Waals surface area contributed by atoms with Gasteiger partial charge in [0.25, 0.3) is 5.91 Å². The minimum absolute atomic E-state index is 0.0194. The highest BCUT2D eigenvalue weighted by atomic mass is 79.9. The Bertz CT molecular complexity index is 1600. The number of imidazole rings is 2. The summed E-state index contributed by atoms with van der Waals surface area (Å²) >= 11 is 7.04. The Kier molecular flexibility index (Phi) is 5.96. The molecule has 1 N–H and O–H groups in total. The predicted octanol–water partition coefficient (Wildman–Crippen LogP) is 4.35. The number of hydrogen-bond acceptors (Lipinski definition) is 5. The smallest absolute Gasteiger partial charge is 0.251 e. The third kappa shape index (κ3) is 4.16. The molecule has 3 aromatic heterocycles. The Morgan fingerprint density at radius 1 is 1.11 bits per heavy atom. The summed E-state index contributed by atoms with van der Waals surface area (Å²) < 4.78 is 7.55. The molecule has 1 unspecified atom stereocenters. The number of nitrogens with one attached hydrogen (secondary N) is 1. The second kappa shape index (κ2) is 9.29. The van der Waals surface area contributed by atoms with E-state index in [0.29, 0.717) is 24.3 Å². The maximum atomic E-state index is 13.3. The molecule has 0 saturated heterocycles. The normalized spacial score (nSPS) is 15.2. The number of benzene rings is 2. The zero-order valence-electron chi connectivity index (χ0n) is 19.4. The predicted molar refractivity (Wildman–Crippen MR) is 142 cm³/mol. The van der Waals surface area contributed by atoms with Gasteiger partial charge in [-0.3, -0.25) is 4.79 Å². The van der Waals surface area contributed by atoms with Crippen LogP contribution in [0.3, 0.4) is 0 Å². The Hall–Kier alpha value is -3.31. The number of rotatable bonds is 5. The zero-order chi connectivity index (χ0) is 24.8. The van der Waals surface area contributed by atoms with E-state index in [0.717, 1.165) is 50.3 Å². The Morgan fingerprint density at radius 3 is 2.78 bits per heavy atom. The molecule has 0 fully saturated rings. The monoisotopic (exact) mass is 608 g/mol. The molecule has 0 saturated carbocycles. The molecule has 182 valence electrons. The van der Waals surface area contributed by atoms with Gasteiger partial charge in [-0.15, -0.1) is 5.10 Å². The summed E-state index contributed by atoms with van der Waals surface area (Å²) in [6.45, 7) is 1.10. The van der Waals surface area contributed by atoms with Crippen LogP contribution in [0.25, 0.3) is 22.6 Å². The van der Waals surface area contributed by atoms with Gasteiger partial charge in [0.15, 0.2) is 5.82 Å². The van der Waals surface area contributed by atoms with Gasteiger partial charge < -0.3 is 14.5 Å². The maximum absolute atomic E-state index is 13.3. The second-order valence-electron chi connectivity index (χ2n) is 8.87. The van der Waals surface area contributed by atoms with Crippen molar-refractivity contribution in [3.63, 3.8) is 0 Å². The van der Waals surface area contributed by atoms with Gasteiger partial charge in [-0.25, -0.2) is 14.6 Å². The molecule has 4 heterocycles. The fourth-order valence-corrected chi connectivity index (χ4v) is 5.58. The van der Waals surface area contributed by atoms with E-state index in [2.05, 4.69) is 57.0 Å². The first kappa shape index (κ1) is 23.1. The van der Waals surface area contributed by atoms with E-state index in [9.17, 15) is 4.79 Å². The quantitative estimate of drug-likeness (QED) is 0.320. The van der Waals surface area contributed by atoms with E-state index in [1.165, 1.54) is 0 Å². The number of fused-ring (bicyclic) bond motifs is 2. The number of carbonyl (C=O) groups is 1. The van der Waals surface area contributed by atoms with Crippen molar-refractivity contribution in [2.45, 2.75) is 32.0 Å². The molecule has 1 atom stereocenters. The van der Waals surface area contributed by atoms with E-state index in [-0.39, 0.29) is 11.9 Å². The molecular weight excluding hydrogens is 588 g/mol. The molecule has 11 heteroatoms. The maximum Gasteiger partial charge on any atom is 0.251 e. The van der Waals surface area contributed by atoms with Crippen molar-refractivity contribution in [1.29, 1.82) is 0 Å². The average Bonchev–Trinajstić information content (AvgIpc) is 3.56. The van der Waals surface area contributed by atoms with Crippen LogP contribution in [0.5, 0.6) is 0 Å². The number of aryl methyl sites for hydroxylation is 2. The van der Waals surface area contributed by atoms with Crippen molar-refractivity contribution in [2.24, 2.45) is 7.05 Å². The van der Waals surface area contributed by atoms with E-state index in [1.807, 2.05) is 66.3 Å². The van der Waals surface area contributed by atoms with Gasteiger partial charge in [-0.2, -0.15) is 0 Å². The second-order valence-corrected chi connectivity index (χ2v) is 10.4. The lowest BCUT2D eigenvalue weighted by molar-refractivity contribution is 0.0926. The van der Waals surface area contributed by atoms with Crippen LogP contribution in [0.15, 0.2) is 63.9 Å². The summed E-state index contributed by atoms with van der Waals surface area (Å²) in [5.41, 5.74) is 4.14. The van der Waals surface area contributed by atoms with Crippen LogP contribution >= 0.6 is 31.9 Å². The highest BCUT2D eigenvalue weighted by Crippen LogP contribution is 2.28. The number of hydrogen-bond donors (Lipinski definition) is 1. The fraction of sp³-hybridized carbons (Fsp3) is 0.240. The third-order valence-corrected chi connectivity index (χ3v) is 8.44. The molecule has 0 radical (unpaired) electrons. The number of aromatic nitrogens is 7. The van der Waals surface area contributed by atoms with Gasteiger partial charge in [0.05, 0.1) is 23.8 Å². The summed E-state index contributed by atoms with van der Waals surface area (Å²) in [5.74, 6) is 1.68. The van der Waals surface area contributed by atoms with Crippen molar-refractivity contribution in [1.82, 2.24) is 39.4 Å². The van der Waals surface area contributed by atoms with E-state index >= 15 is 0 Å². The molecule has 1 aliphatic heterocycles. The van der Waals surface area contributed by atoms with Crippen LogP contribution in [-0.4, -0.2) is 46.0 Å². The summed E-state index contributed by atoms with van der Waals surface area (Å²) in [4.78, 5) is 22.5.